The zero-order chi connectivity index (χ0) is 15.0. The number of nitrogens with zero attached hydrogens (tertiary/aromatic N) is 2. The lowest BCUT2D eigenvalue weighted by molar-refractivity contribution is -0.142. The molecule has 0 radical (unpaired) electrons. The maximum Gasteiger partial charge on any atom is 0.247 e. The third-order valence-corrected chi connectivity index (χ3v) is 5.02. The largest absolute Gasteiger partial charge is 0.335 e. The smallest absolute Gasteiger partial charge is 0.247 e. The summed E-state index contributed by atoms with van der Waals surface area (Å²) in [6.07, 6.45) is 2.45. The highest BCUT2D eigenvalue weighted by molar-refractivity contribution is 5.87. The zero-order valence-electron chi connectivity index (χ0n) is 13.0. The Morgan fingerprint density at radius 1 is 1.29 bits per heavy atom. The zero-order valence-corrected chi connectivity index (χ0v) is 13.0. The van der Waals surface area contributed by atoms with E-state index in [2.05, 4.69) is 11.8 Å². The molecule has 2 saturated heterocycles. The molecular weight excluding hydrogens is 262 g/mol. The van der Waals surface area contributed by atoms with Crippen LogP contribution in [-0.2, 0) is 10.3 Å². The quantitative estimate of drug-likeness (QED) is 0.898. The van der Waals surface area contributed by atoms with Crippen LogP contribution >= 0.6 is 0 Å². The molecule has 114 valence electrons. The van der Waals surface area contributed by atoms with E-state index in [0.29, 0.717) is 6.04 Å². The Balaban J connectivity index is 1.81. The molecule has 3 rings (SSSR count). The van der Waals surface area contributed by atoms with Gasteiger partial charge in [0.2, 0.25) is 5.91 Å². The Bertz CT molecular complexity index is 514. The molecule has 0 spiro atoms. The van der Waals surface area contributed by atoms with Gasteiger partial charge in [0.25, 0.3) is 0 Å². The number of rotatable bonds is 2. The number of carbonyl (C=O) groups excluding carboxylic acids is 1. The third kappa shape index (κ3) is 2.58. The van der Waals surface area contributed by atoms with E-state index >= 15 is 0 Å². The lowest BCUT2D eigenvalue weighted by Gasteiger charge is -2.45. The first-order valence-corrected chi connectivity index (χ1v) is 7.89. The predicted octanol–water partition coefficient (Wildman–Crippen LogP) is 1.56. The second kappa shape index (κ2) is 5.43. The van der Waals surface area contributed by atoms with Crippen molar-refractivity contribution in [2.75, 3.05) is 19.6 Å². The van der Waals surface area contributed by atoms with Gasteiger partial charge in [-0.05, 0) is 38.8 Å². The Labute approximate surface area is 126 Å². The van der Waals surface area contributed by atoms with Gasteiger partial charge in [0, 0.05) is 25.2 Å². The summed E-state index contributed by atoms with van der Waals surface area (Å²) < 4.78 is 0. The van der Waals surface area contributed by atoms with E-state index in [1.54, 1.807) is 0 Å². The molecule has 1 amide bonds. The van der Waals surface area contributed by atoms with Gasteiger partial charge in [-0.25, -0.2) is 0 Å². The Hall–Kier alpha value is -1.39. The van der Waals surface area contributed by atoms with Crippen LogP contribution in [-0.4, -0.2) is 47.4 Å². The van der Waals surface area contributed by atoms with Crippen LogP contribution in [0.3, 0.4) is 0 Å². The summed E-state index contributed by atoms with van der Waals surface area (Å²) >= 11 is 0. The molecule has 2 N–H and O–H groups in total. The van der Waals surface area contributed by atoms with E-state index in [9.17, 15) is 4.79 Å². The molecule has 21 heavy (non-hydrogen) atoms. The van der Waals surface area contributed by atoms with Crippen LogP contribution < -0.4 is 5.73 Å². The lowest BCUT2D eigenvalue weighted by atomic mass is 9.90. The van der Waals surface area contributed by atoms with Gasteiger partial charge < -0.3 is 10.6 Å². The maximum absolute atomic E-state index is 13.0. The fourth-order valence-electron chi connectivity index (χ4n) is 3.68. The van der Waals surface area contributed by atoms with E-state index in [1.165, 1.54) is 19.4 Å². The van der Waals surface area contributed by atoms with Gasteiger partial charge in [-0.15, -0.1) is 0 Å². The van der Waals surface area contributed by atoms with Gasteiger partial charge in [0.1, 0.15) is 5.54 Å². The molecular formula is C17H25N3O. The first-order valence-electron chi connectivity index (χ1n) is 7.89. The summed E-state index contributed by atoms with van der Waals surface area (Å²) in [5.41, 5.74) is 6.34. The van der Waals surface area contributed by atoms with Crippen molar-refractivity contribution in [2.45, 2.75) is 44.3 Å². The Morgan fingerprint density at radius 3 is 2.71 bits per heavy atom. The molecule has 1 aromatic rings. The molecule has 4 nitrogen and oxygen atoms in total. The first kappa shape index (κ1) is 14.5. The Kier molecular flexibility index (Phi) is 3.76. The molecule has 2 aliphatic heterocycles. The van der Waals surface area contributed by atoms with Gasteiger partial charge in [-0.1, -0.05) is 30.3 Å². The normalized spacial score (nSPS) is 29.0. The molecule has 3 atom stereocenters. The fraction of sp³-hybridized carbons (Fsp3) is 0.588. The standard InChI is InChI=1S/C17H25N3O/c1-13-11-19-10-6-9-15(19)12-20(13)16(21)17(2,18)14-7-4-3-5-8-14/h3-5,7-8,13,15H,6,9-12,18H2,1-2H3. The van der Waals surface area contributed by atoms with Crippen LogP contribution in [0.15, 0.2) is 30.3 Å². The minimum atomic E-state index is -0.948. The molecule has 0 saturated carbocycles. The van der Waals surface area contributed by atoms with Crippen LogP contribution in [0.25, 0.3) is 0 Å². The maximum atomic E-state index is 13.0. The number of amides is 1. The van der Waals surface area contributed by atoms with E-state index in [1.807, 2.05) is 42.2 Å². The van der Waals surface area contributed by atoms with Crippen molar-refractivity contribution >= 4 is 5.91 Å². The topological polar surface area (TPSA) is 49.6 Å². The van der Waals surface area contributed by atoms with Crippen molar-refractivity contribution in [1.82, 2.24) is 9.80 Å². The number of hydrogen-bond acceptors (Lipinski definition) is 3. The van der Waals surface area contributed by atoms with Crippen molar-refractivity contribution in [3.05, 3.63) is 35.9 Å². The van der Waals surface area contributed by atoms with Crippen LogP contribution in [0.1, 0.15) is 32.3 Å². The average molecular weight is 287 g/mol. The first-order chi connectivity index (χ1) is 10.00. The fourth-order valence-corrected chi connectivity index (χ4v) is 3.68. The minimum absolute atomic E-state index is 0.0488. The van der Waals surface area contributed by atoms with Crippen molar-refractivity contribution in [3.63, 3.8) is 0 Å². The van der Waals surface area contributed by atoms with Gasteiger partial charge in [0.05, 0.1) is 0 Å². The molecule has 2 fully saturated rings. The van der Waals surface area contributed by atoms with E-state index in [4.69, 9.17) is 5.73 Å². The summed E-state index contributed by atoms with van der Waals surface area (Å²) in [5.74, 6) is 0.0488. The molecule has 3 unspecified atom stereocenters. The number of fused-ring (bicyclic) bond motifs is 1. The summed E-state index contributed by atoms with van der Waals surface area (Å²) in [4.78, 5) is 17.5. The average Bonchev–Trinajstić information content (AvgIpc) is 2.93. The number of carbonyl (C=O) groups is 1. The molecule has 0 aromatic heterocycles. The number of hydrogen-bond donors (Lipinski definition) is 1. The molecule has 4 heteroatoms. The van der Waals surface area contributed by atoms with Crippen molar-refractivity contribution in [1.29, 1.82) is 0 Å². The third-order valence-electron chi connectivity index (χ3n) is 5.02. The molecule has 1 aromatic carbocycles. The summed E-state index contributed by atoms with van der Waals surface area (Å²) in [6, 6.07) is 10.5. The highest BCUT2D eigenvalue weighted by Gasteiger charge is 2.42. The van der Waals surface area contributed by atoms with Crippen LogP contribution in [0.2, 0.25) is 0 Å². The number of nitrogens with two attached hydrogens (primary N) is 1. The van der Waals surface area contributed by atoms with Gasteiger partial charge >= 0.3 is 0 Å². The van der Waals surface area contributed by atoms with Crippen molar-refractivity contribution in [3.8, 4) is 0 Å². The minimum Gasteiger partial charge on any atom is -0.335 e. The van der Waals surface area contributed by atoms with Crippen LogP contribution in [0, 0.1) is 0 Å². The van der Waals surface area contributed by atoms with Crippen molar-refractivity contribution < 1.29 is 4.79 Å². The van der Waals surface area contributed by atoms with Crippen LogP contribution in [0.4, 0.5) is 0 Å². The van der Waals surface area contributed by atoms with Gasteiger partial charge in [-0.3, -0.25) is 9.69 Å². The SMILES string of the molecule is CC1CN2CCCC2CN1C(=O)C(C)(N)c1ccccc1. The molecule has 2 aliphatic rings. The monoisotopic (exact) mass is 287 g/mol. The molecule has 2 heterocycles. The van der Waals surface area contributed by atoms with Crippen molar-refractivity contribution in [2.24, 2.45) is 5.73 Å². The highest BCUT2D eigenvalue weighted by Crippen LogP contribution is 2.28. The van der Waals surface area contributed by atoms with E-state index in [0.717, 1.165) is 18.7 Å². The number of benzene rings is 1. The summed E-state index contributed by atoms with van der Waals surface area (Å²) in [6.45, 7) is 6.93. The lowest BCUT2D eigenvalue weighted by Crippen LogP contribution is -2.62. The van der Waals surface area contributed by atoms with Gasteiger partial charge in [-0.2, -0.15) is 0 Å². The summed E-state index contributed by atoms with van der Waals surface area (Å²) in [5, 5.41) is 0. The van der Waals surface area contributed by atoms with Gasteiger partial charge in [0.15, 0.2) is 0 Å². The van der Waals surface area contributed by atoms with E-state index < -0.39 is 5.54 Å². The Morgan fingerprint density at radius 2 is 2.00 bits per heavy atom. The van der Waals surface area contributed by atoms with Crippen LogP contribution in [0.5, 0.6) is 0 Å². The van der Waals surface area contributed by atoms with E-state index in [-0.39, 0.29) is 11.9 Å². The summed E-state index contributed by atoms with van der Waals surface area (Å²) in [7, 11) is 0. The predicted molar refractivity (Wildman–Crippen MR) is 83.8 cm³/mol. The number of piperazine rings is 1. The second-order valence-electron chi connectivity index (χ2n) is 6.67. The molecule has 0 aliphatic carbocycles. The second-order valence-corrected chi connectivity index (χ2v) is 6.67. The molecule has 0 bridgehead atoms. The highest BCUT2D eigenvalue weighted by atomic mass is 16.2.